The molecular formula is C88H82F3N9O10. The number of hydrogen-bond donors (Lipinski definition) is 9. The molecule has 19 nitrogen and oxygen atoms in total. The fraction of sp³-hybridized carbons (Fsp3) is 0.216. The summed E-state index contributed by atoms with van der Waals surface area (Å²) in [7, 11) is 2.96. The fourth-order valence-corrected chi connectivity index (χ4v) is 14.6. The minimum atomic E-state index is -0.798. The SMILES string of the molecule is CC1=C(C(=O)Cc2ccc3[nH]ccc3c2)C(c2ccc(F)c(C(=O)NCc3c(C)cccc3C)c2)NC(=O)C1.CNC(=O)c1cc(C2NC(=O)CC(C)=C2C(=O)Cc2ccc3[nH]ccc3c2)ccc1F.COc1cccc(C)c1CNC(=O)c1cc(C2NC(=O)CC(C)=C2C(=O)Cc2ccc3[nH]ccc3c2)ccc1F. The first-order valence-corrected chi connectivity index (χ1v) is 35.9. The molecule has 6 heterocycles. The lowest BCUT2D eigenvalue weighted by Crippen LogP contribution is -2.37. The minimum absolute atomic E-state index is 0.0984. The summed E-state index contributed by atoms with van der Waals surface area (Å²) in [6.45, 7) is 11.5. The van der Waals surface area contributed by atoms with Crippen LogP contribution in [0.1, 0.15) is 150 Å². The Labute approximate surface area is 632 Å². The van der Waals surface area contributed by atoms with E-state index in [9.17, 15) is 56.3 Å². The van der Waals surface area contributed by atoms with E-state index in [-0.39, 0.29) is 103 Å². The molecule has 3 unspecified atom stereocenters. The van der Waals surface area contributed by atoms with Gasteiger partial charge in [-0.15, -0.1) is 0 Å². The largest absolute Gasteiger partial charge is 0.496 e. The minimum Gasteiger partial charge on any atom is -0.496 e. The number of halogens is 3. The predicted octanol–water partition coefficient (Wildman–Crippen LogP) is 14.1. The zero-order chi connectivity index (χ0) is 78.2. The third-order valence-electron chi connectivity index (χ3n) is 20.3. The van der Waals surface area contributed by atoms with Gasteiger partial charge in [0.05, 0.1) is 41.9 Å². The maximum atomic E-state index is 14.9. The summed E-state index contributed by atoms with van der Waals surface area (Å²) in [6.07, 6.45) is 6.34. The normalized spacial score (nSPS) is 15.6. The molecule has 8 aromatic carbocycles. The fourth-order valence-electron chi connectivity index (χ4n) is 14.6. The van der Waals surface area contributed by atoms with E-state index < -0.39 is 53.3 Å². The van der Waals surface area contributed by atoms with Gasteiger partial charge < -0.3 is 51.6 Å². The number of methoxy groups -OCH3 is 1. The van der Waals surface area contributed by atoms with Crippen molar-refractivity contribution in [2.24, 2.45) is 0 Å². The molecule has 3 aliphatic heterocycles. The Morgan fingerprint density at radius 1 is 0.409 bits per heavy atom. The number of aromatic amines is 3. The van der Waals surface area contributed by atoms with Crippen LogP contribution in [0.5, 0.6) is 5.75 Å². The van der Waals surface area contributed by atoms with Crippen LogP contribution in [0.15, 0.2) is 216 Å². The Kier molecular flexibility index (Phi) is 23.3. The van der Waals surface area contributed by atoms with E-state index in [0.717, 1.165) is 77.2 Å². The van der Waals surface area contributed by atoms with E-state index in [4.69, 9.17) is 4.74 Å². The van der Waals surface area contributed by atoms with Crippen molar-refractivity contribution in [3.8, 4) is 5.75 Å². The van der Waals surface area contributed by atoms with E-state index in [1.54, 1.807) is 33.9 Å². The van der Waals surface area contributed by atoms with Gasteiger partial charge in [-0.3, -0.25) is 43.2 Å². The number of benzene rings is 8. The number of carbonyl (C=O) groups excluding carboxylic acids is 9. The van der Waals surface area contributed by atoms with Gasteiger partial charge in [0.25, 0.3) is 17.7 Å². The molecular weight excluding hydrogens is 1400 g/mol. The molecule has 14 rings (SSSR count). The lowest BCUT2D eigenvalue weighted by atomic mass is 9.85. The number of aromatic nitrogens is 3. The van der Waals surface area contributed by atoms with Gasteiger partial charge in [-0.05, 0) is 210 Å². The number of ether oxygens (including phenoxy) is 1. The van der Waals surface area contributed by atoms with Crippen LogP contribution >= 0.6 is 0 Å². The molecule has 3 aliphatic rings. The summed E-state index contributed by atoms with van der Waals surface area (Å²) in [5, 5.41) is 19.6. The lowest BCUT2D eigenvalue weighted by molar-refractivity contribution is -0.123. The zero-order valence-electron chi connectivity index (χ0n) is 61.9. The molecule has 0 bridgehead atoms. The van der Waals surface area contributed by atoms with Crippen molar-refractivity contribution < 1.29 is 61.1 Å². The lowest BCUT2D eigenvalue weighted by Gasteiger charge is -2.28. The predicted molar refractivity (Wildman–Crippen MR) is 414 cm³/mol. The molecule has 11 aromatic rings. The molecule has 0 saturated heterocycles. The zero-order valence-corrected chi connectivity index (χ0v) is 61.9. The average molecular weight is 1480 g/mol. The molecule has 3 aromatic heterocycles. The molecule has 0 saturated carbocycles. The van der Waals surface area contributed by atoms with Gasteiger partial charge in [0, 0.05) is 116 Å². The second-order valence-electron chi connectivity index (χ2n) is 27.9. The summed E-state index contributed by atoms with van der Waals surface area (Å²) in [6, 6.07) is 44.6. The number of hydrogen-bond acceptors (Lipinski definition) is 10. The quantitative estimate of drug-likeness (QED) is 0.0348. The first-order chi connectivity index (χ1) is 52.8. The van der Waals surface area contributed by atoms with Crippen LogP contribution < -0.4 is 36.6 Å². The molecule has 0 spiro atoms. The number of ketones is 3. The first-order valence-electron chi connectivity index (χ1n) is 35.9. The van der Waals surface area contributed by atoms with Gasteiger partial charge in [-0.1, -0.05) is 83.4 Å². The molecule has 560 valence electrons. The Balaban J connectivity index is 0.000000155. The van der Waals surface area contributed by atoms with Crippen molar-refractivity contribution in [3.05, 3.63) is 311 Å². The number of aryl methyl sites for hydroxylation is 3. The maximum Gasteiger partial charge on any atom is 0.254 e. The highest BCUT2D eigenvalue weighted by atomic mass is 19.1. The number of fused-ring (bicyclic) bond motifs is 3. The number of amides is 6. The Hall–Kier alpha value is -13.0. The number of Topliss-reactive ketones (excluding diaryl/α,β-unsaturated/α-hetero) is 3. The highest BCUT2D eigenvalue weighted by molar-refractivity contribution is 6.05. The highest BCUT2D eigenvalue weighted by Gasteiger charge is 2.36. The molecule has 9 N–H and O–H groups in total. The molecule has 0 fully saturated rings. The van der Waals surface area contributed by atoms with Crippen molar-refractivity contribution in [3.63, 3.8) is 0 Å². The molecule has 22 heteroatoms. The van der Waals surface area contributed by atoms with Crippen LogP contribution in [-0.2, 0) is 61.1 Å². The van der Waals surface area contributed by atoms with Gasteiger partial charge in [0.1, 0.15) is 23.2 Å². The third kappa shape index (κ3) is 17.2. The van der Waals surface area contributed by atoms with E-state index in [2.05, 4.69) is 46.9 Å². The van der Waals surface area contributed by atoms with Crippen molar-refractivity contribution in [1.29, 1.82) is 0 Å². The summed E-state index contributed by atoms with van der Waals surface area (Å²) in [5.74, 6) is -4.25. The third-order valence-corrected chi connectivity index (χ3v) is 20.3. The van der Waals surface area contributed by atoms with Crippen molar-refractivity contribution in [1.82, 2.24) is 46.9 Å². The van der Waals surface area contributed by atoms with Crippen molar-refractivity contribution in [2.45, 2.75) is 111 Å². The van der Waals surface area contributed by atoms with Crippen LogP contribution in [0, 0.1) is 38.2 Å². The number of rotatable bonds is 20. The summed E-state index contributed by atoms with van der Waals surface area (Å²) in [5.41, 5.74) is 14.6. The Morgan fingerprint density at radius 3 is 1.08 bits per heavy atom. The second kappa shape index (κ2) is 33.4. The molecule has 110 heavy (non-hydrogen) atoms. The van der Waals surface area contributed by atoms with Crippen LogP contribution in [0.2, 0.25) is 0 Å². The van der Waals surface area contributed by atoms with Crippen molar-refractivity contribution in [2.75, 3.05) is 14.2 Å². The van der Waals surface area contributed by atoms with Gasteiger partial charge in [-0.2, -0.15) is 0 Å². The standard InChI is InChI=1S/C32H30FN3O4.C32H30FN3O3.C24H22FN3O3/c1-18-5-4-6-28(40-3)24(18)17-35-32(39)23-16-22(8-9-25(23)33)31-30(19(2)13-29(38)36-31)27(37)15-20-7-10-26-21(14-20)11-12-34-26;1-18-5-4-6-19(2)25(18)17-35-32(39)24-16-23(8-9-26(24)33)31-30(20(3)13-29(38)36-31)28(37)15-21-7-10-27-22(14-21)11-12-34-27;1-13-9-21(30)28-23(16-4-5-18(25)17(12-16)24(31)26-2)22(13)20(29)11-14-3-6-19-15(10-14)7-8-27-19/h4-12,14,16,31,34H,13,15,17H2,1-3H3,(H,35,39)(H,36,38);4-12,14,16,31,34H,13,15,17H2,1-3H3,(H,35,39)(H,36,38);3-8,10,12,23,27H,9,11H2,1-2H3,(H,26,31)(H,28,30). The van der Waals surface area contributed by atoms with Crippen molar-refractivity contribution >= 4 is 85.5 Å². The summed E-state index contributed by atoms with van der Waals surface area (Å²) < 4.78 is 49.3. The highest BCUT2D eigenvalue weighted by Crippen LogP contribution is 2.37. The van der Waals surface area contributed by atoms with Crippen LogP contribution in [0.4, 0.5) is 13.2 Å². The van der Waals surface area contributed by atoms with E-state index in [0.29, 0.717) is 55.9 Å². The average Bonchev–Trinajstić information content (AvgIpc) is 0.840. The summed E-state index contributed by atoms with van der Waals surface area (Å²) in [4.78, 5) is 125. The van der Waals surface area contributed by atoms with Gasteiger partial charge in [0.2, 0.25) is 17.7 Å². The smallest absolute Gasteiger partial charge is 0.254 e. The monoisotopic (exact) mass is 1480 g/mol. The molecule has 0 aliphatic carbocycles. The molecule has 6 amide bonds. The van der Waals surface area contributed by atoms with E-state index in [1.165, 1.54) is 61.6 Å². The van der Waals surface area contributed by atoms with Crippen LogP contribution in [-0.4, -0.2) is 81.9 Å². The van der Waals surface area contributed by atoms with Gasteiger partial charge in [-0.25, -0.2) is 13.2 Å². The Morgan fingerprint density at radius 2 is 0.736 bits per heavy atom. The van der Waals surface area contributed by atoms with Crippen LogP contribution in [0.3, 0.4) is 0 Å². The second-order valence-corrected chi connectivity index (χ2v) is 27.9. The molecule has 3 atom stereocenters. The number of carbonyl (C=O) groups is 9. The number of nitrogens with one attached hydrogen (secondary N) is 9. The van der Waals surface area contributed by atoms with E-state index >= 15 is 0 Å². The number of H-pyrrole nitrogens is 3. The molecule has 0 radical (unpaired) electrons. The topological polar surface area (TPSA) is 282 Å². The first kappa shape index (κ1) is 76.7. The maximum absolute atomic E-state index is 14.9. The Bertz CT molecular complexity index is 5620. The summed E-state index contributed by atoms with van der Waals surface area (Å²) >= 11 is 0. The van der Waals surface area contributed by atoms with Crippen LogP contribution in [0.25, 0.3) is 32.7 Å². The van der Waals surface area contributed by atoms with Gasteiger partial charge in [0.15, 0.2) is 17.3 Å². The van der Waals surface area contributed by atoms with E-state index in [1.807, 2.05) is 142 Å². The van der Waals surface area contributed by atoms with Gasteiger partial charge >= 0.3 is 0 Å².